The Balaban J connectivity index is 2.93. The molecular formula is C7H11F2NO2. The number of hydrogen-bond donors (Lipinski definition) is 2. The van der Waals surface area contributed by atoms with Gasteiger partial charge in [-0.05, 0) is 0 Å². The van der Waals surface area contributed by atoms with E-state index < -0.39 is 29.9 Å². The number of rotatable bonds is 1. The molecular weight excluding hydrogens is 168 g/mol. The summed E-state index contributed by atoms with van der Waals surface area (Å²) in [7, 11) is 0. The predicted octanol–water partition coefficient (Wildman–Crippen LogP) is 0.704. The summed E-state index contributed by atoms with van der Waals surface area (Å²) < 4.78 is 26.0. The van der Waals surface area contributed by atoms with Crippen LogP contribution in [0.1, 0.15) is 13.8 Å². The predicted molar refractivity (Wildman–Crippen MR) is 38.2 cm³/mol. The third kappa shape index (κ3) is 1.08. The Morgan fingerprint density at radius 2 is 2.08 bits per heavy atom. The Hall–Kier alpha value is -0.710. The molecule has 0 amide bonds. The average molecular weight is 179 g/mol. The van der Waals surface area contributed by atoms with Crippen molar-refractivity contribution in [1.82, 2.24) is 5.32 Å². The van der Waals surface area contributed by atoms with Crippen LogP contribution < -0.4 is 5.32 Å². The van der Waals surface area contributed by atoms with E-state index in [1.807, 2.05) is 0 Å². The van der Waals surface area contributed by atoms with Crippen LogP contribution in [0, 0.1) is 5.41 Å². The molecule has 1 heterocycles. The third-order valence-electron chi connectivity index (χ3n) is 2.44. The molecule has 1 aliphatic rings. The first-order chi connectivity index (χ1) is 5.29. The third-order valence-corrected chi connectivity index (χ3v) is 2.44. The standard InChI is InChI=1S/C7H11F2NO2/c1-6(2)4(5(11)12)10-3-7(6,8)9/h4,10H,3H2,1-2H3,(H,11,12). The van der Waals surface area contributed by atoms with Crippen LogP contribution in [0.4, 0.5) is 8.78 Å². The summed E-state index contributed by atoms with van der Waals surface area (Å²) in [6, 6.07) is -1.16. The van der Waals surface area contributed by atoms with Crippen molar-refractivity contribution < 1.29 is 18.7 Å². The number of halogens is 2. The summed E-state index contributed by atoms with van der Waals surface area (Å²) in [6.07, 6.45) is 0. The van der Waals surface area contributed by atoms with E-state index in [0.29, 0.717) is 0 Å². The molecule has 70 valence electrons. The second kappa shape index (κ2) is 2.39. The molecule has 1 unspecified atom stereocenters. The van der Waals surface area contributed by atoms with Crippen molar-refractivity contribution in [2.24, 2.45) is 5.41 Å². The summed E-state index contributed by atoms with van der Waals surface area (Å²) in [5.41, 5.74) is -1.52. The molecule has 1 atom stereocenters. The summed E-state index contributed by atoms with van der Waals surface area (Å²) in [6.45, 7) is 1.95. The molecule has 1 rings (SSSR count). The van der Waals surface area contributed by atoms with Crippen molar-refractivity contribution in [3.05, 3.63) is 0 Å². The van der Waals surface area contributed by atoms with Crippen LogP contribution in [0.5, 0.6) is 0 Å². The highest BCUT2D eigenvalue weighted by Crippen LogP contribution is 2.43. The maximum absolute atomic E-state index is 13.0. The van der Waals surface area contributed by atoms with Crippen molar-refractivity contribution in [1.29, 1.82) is 0 Å². The van der Waals surface area contributed by atoms with Gasteiger partial charge in [0.15, 0.2) is 0 Å². The highest BCUT2D eigenvalue weighted by Gasteiger charge is 2.59. The zero-order chi connectivity index (χ0) is 9.57. The maximum atomic E-state index is 13.0. The number of aliphatic carboxylic acids is 1. The second-order valence-electron chi connectivity index (χ2n) is 3.58. The smallest absolute Gasteiger partial charge is 0.321 e. The molecule has 1 saturated heterocycles. The molecule has 5 heteroatoms. The Kier molecular flexibility index (Phi) is 1.87. The fraction of sp³-hybridized carbons (Fsp3) is 0.857. The summed E-state index contributed by atoms with van der Waals surface area (Å²) in [4.78, 5) is 10.5. The topological polar surface area (TPSA) is 49.3 Å². The molecule has 0 aromatic heterocycles. The minimum Gasteiger partial charge on any atom is -0.480 e. The van der Waals surface area contributed by atoms with Crippen LogP contribution in [0.25, 0.3) is 0 Å². The van der Waals surface area contributed by atoms with Gasteiger partial charge in [0.05, 0.1) is 12.0 Å². The normalized spacial score (nSPS) is 31.8. The van der Waals surface area contributed by atoms with Crippen LogP contribution in [0.3, 0.4) is 0 Å². The molecule has 0 aromatic carbocycles. The van der Waals surface area contributed by atoms with Gasteiger partial charge in [-0.15, -0.1) is 0 Å². The Labute approximate surface area is 68.8 Å². The first-order valence-corrected chi connectivity index (χ1v) is 3.63. The first-order valence-electron chi connectivity index (χ1n) is 3.63. The van der Waals surface area contributed by atoms with Crippen LogP contribution in [0.15, 0.2) is 0 Å². The zero-order valence-corrected chi connectivity index (χ0v) is 6.90. The SMILES string of the molecule is CC1(C)C(C(=O)O)NCC1(F)F. The minimum absolute atomic E-state index is 0.559. The molecule has 0 radical (unpaired) electrons. The van der Waals surface area contributed by atoms with Gasteiger partial charge in [0, 0.05) is 0 Å². The Morgan fingerprint density at radius 1 is 1.58 bits per heavy atom. The molecule has 0 saturated carbocycles. The summed E-state index contributed by atoms with van der Waals surface area (Å²) >= 11 is 0. The number of nitrogens with one attached hydrogen (secondary N) is 1. The van der Waals surface area contributed by atoms with Crippen LogP contribution >= 0.6 is 0 Å². The molecule has 0 aromatic rings. The summed E-state index contributed by atoms with van der Waals surface area (Å²) in [5.74, 6) is -4.17. The number of alkyl halides is 2. The van der Waals surface area contributed by atoms with Crippen molar-refractivity contribution in [2.45, 2.75) is 25.8 Å². The van der Waals surface area contributed by atoms with Gasteiger partial charge >= 0.3 is 5.97 Å². The summed E-state index contributed by atoms with van der Waals surface area (Å²) in [5, 5.41) is 10.9. The van der Waals surface area contributed by atoms with Gasteiger partial charge in [0.2, 0.25) is 0 Å². The van der Waals surface area contributed by atoms with Gasteiger partial charge in [-0.1, -0.05) is 13.8 Å². The van der Waals surface area contributed by atoms with E-state index in [1.165, 1.54) is 13.8 Å². The van der Waals surface area contributed by atoms with E-state index in [9.17, 15) is 13.6 Å². The van der Waals surface area contributed by atoms with Gasteiger partial charge in [-0.25, -0.2) is 8.78 Å². The van der Waals surface area contributed by atoms with Gasteiger partial charge < -0.3 is 5.11 Å². The lowest BCUT2D eigenvalue weighted by atomic mass is 9.82. The maximum Gasteiger partial charge on any atom is 0.321 e. The van der Waals surface area contributed by atoms with Gasteiger partial charge in [0.25, 0.3) is 5.92 Å². The highest BCUT2D eigenvalue weighted by molar-refractivity contribution is 5.75. The quantitative estimate of drug-likeness (QED) is 0.623. The van der Waals surface area contributed by atoms with E-state index in [2.05, 4.69) is 5.32 Å². The average Bonchev–Trinajstić information content (AvgIpc) is 2.03. The van der Waals surface area contributed by atoms with Gasteiger partial charge in [0.1, 0.15) is 6.04 Å². The molecule has 1 fully saturated rings. The highest BCUT2D eigenvalue weighted by atomic mass is 19.3. The van der Waals surface area contributed by atoms with Crippen LogP contribution in [-0.2, 0) is 4.79 Å². The Bertz CT molecular complexity index is 215. The molecule has 0 aliphatic carbocycles. The largest absolute Gasteiger partial charge is 0.480 e. The van der Waals surface area contributed by atoms with E-state index >= 15 is 0 Å². The first kappa shape index (κ1) is 9.38. The molecule has 12 heavy (non-hydrogen) atoms. The van der Waals surface area contributed by atoms with Crippen molar-refractivity contribution >= 4 is 5.97 Å². The number of hydrogen-bond acceptors (Lipinski definition) is 2. The van der Waals surface area contributed by atoms with E-state index in [1.54, 1.807) is 0 Å². The van der Waals surface area contributed by atoms with E-state index in [0.717, 1.165) is 0 Å². The second-order valence-corrected chi connectivity index (χ2v) is 3.58. The lowest BCUT2D eigenvalue weighted by molar-refractivity contribution is -0.146. The number of carboxylic acids is 1. The Morgan fingerprint density at radius 3 is 2.25 bits per heavy atom. The zero-order valence-electron chi connectivity index (χ0n) is 6.90. The monoisotopic (exact) mass is 179 g/mol. The minimum atomic E-state index is -2.95. The number of carbonyl (C=O) groups is 1. The molecule has 0 bridgehead atoms. The van der Waals surface area contributed by atoms with Gasteiger partial charge in [-0.2, -0.15) is 0 Å². The number of carboxylic acid groups (broad SMARTS) is 1. The van der Waals surface area contributed by atoms with Crippen molar-refractivity contribution in [3.63, 3.8) is 0 Å². The molecule has 0 spiro atoms. The molecule has 1 aliphatic heterocycles. The van der Waals surface area contributed by atoms with Gasteiger partial charge in [-0.3, -0.25) is 10.1 Å². The fourth-order valence-electron chi connectivity index (χ4n) is 1.32. The van der Waals surface area contributed by atoms with Crippen LogP contribution in [-0.4, -0.2) is 29.6 Å². The van der Waals surface area contributed by atoms with Crippen LogP contribution in [0.2, 0.25) is 0 Å². The van der Waals surface area contributed by atoms with Crippen molar-refractivity contribution in [3.8, 4) is 0 Å². The lowest BCUT2D eigenvalue weighted by Gasteiger charge is -2.28. The van der Waals surface area contributed by atoms with E-state index in [4.69, 9.17) is 5.11 Å². The lowest BCUT2D eigenvalue weighted by Crippen LogP contribution is -2.44. The fourth-order valence-corrected chi connectivity index (χ4v) is 1.32. The molecule has 2 N–H and O–H groups in total. The molecule has 3 nitrogen and oxygen atoms in total. The van der Waals surface area contributed by atoms with Crippen molar-refractivity contribution in [2.75, 3.05) is 6.54 Å². The van der Waals surface area contributed by atoms with E-state index in [-0.39, 0.29) is 0 Å².